The van der Waals surface area contributed by atoms with E-state index in [9.17, 15) is 4.79 Å². The molecule has 0 fully saturated rings. The number of rotatable bonds is 2. The Morgan fingerprint density at radius 2 is 2.42 bits per heavy atom. The highest BCUT2D eigenvalue weighted by molar-refractivity contribution is 5.99. The second-order valence-corrected chi connectivity index (χ2v) is 2.47. The molecule has 0 saturated heterocycles. The van der Waals surface area contributed by atoms with E-state index in [1.807, 2.05) is 6.92 Å². The topological polar surface area (TPSA) is 83.8 Å². The summed E-state index contributed by atoms with van der Waals surface area (Å²) in [6.07, 6.45) is 0. The Morgan fingerprint density at radius 3 is 2.83 bits per heavy atom. The molecule has 0 aliphatic carbocycles. The fourth-order valence-corrected chi connectivity index (χ4v) is 0.984. The Morgan fingerprint density at radius 1 is 1.75 bits per heavy atom. The molecule has 5 heteroatoms. The third-order valence-electron chi connectivity index (χ3n) is 1.54. The molecule has 0 unspecified atom stereocenters. The Kier molecular flexibility index (Phi) is 2.32. The van der Waals surface area contributed by atoms with Crippen molar-refractivity contribution >= 4 is 11.7 Å². The van der Waals surface area contributed by atoms with E-state index in [4.69, 9.17) is 5.73 Å². The molecule has 4 N–H and O–H groups in total. The van der Waals surface area contributed by atoms with Crippen LogP contribution in [0.2, 0.25) is 0 Å². The number of nitrogens with two attached hydrogens (primary N) is 1. The second-order valence-electron chi connectivity index (χ2n) is 2.47. The summed E-state index contributed by atoms with van der Waals surface area (Å²) in [5, 5.41) is 9.00. The van der Waals surface area contributed by atoms with Gasteiger partial charge in [0.25, 0.3) is 5.91 Å². The lowest BCUT2D eigenvalue weighted by Crippen LogP contribution is -2.23. The van der Waals surface area contributed by atoms with Gasteiger partial charge in [-0.05, 0) is 13.8 Å². The highest BCUT2D eigenvalue weighted by Crippen LogP contribution is 2.11. The zero-order valence-electron chi connectivity index (χ0n) is 7.14. The van der Waals surface area contributed by atoms with Gasteiger partial charge in [-0.3, -0.25) is 9.89 Å². The number of aromatic amines is 1. The quantitative estimate of drug-likeness (QED) is 0.583. The van der Waals surface area contributed by atoms with Gasteiger partial charge in [-0.2, -0.15) is 5.10 Å². The van der Waals surface area contributed by atoms with Crippen molar-refractivity contribution in [3.63, 3.8) is 0 Å². The van der Waals surface area contributed by atoms with Crippen LogP contribution in [0, 0.1) is 6.92 Å². The molecule has 0 aliphatic rings. The number of carbonyl (C=O) groups is 1. The van der Waals surface area contributed by atoms with Crippen LogP contribution in [-0.2, 0) is 0 Å². The van der Waals surface area contributed by atoms with Crippen LogP contribution in [0.4, 0.5) is 5.82 Å². The number of anilines is 1. The summed E-state index contributed by atoms with van der Waals surface area (Å²) >= 11 is 0. The zero-order valence-corrected chi connectivity index (χ0v) is 7.14. The van der Waals surface area contributed by atoms with Crippen LogP contribution in [0.15, 0.2) is 0 Å². The Balaban J connectivity index is 2.93. The number of nitrogens with one attached hydrogen (secondary N) is 2. The Hall–Kier alpha value is -1.52. The minimum Gasteiger partial charge on any atom is -0.382 e. The third kappa shape index (κ3) is 1.39. The van der Waals surface area contributed by atoms with E-state index in [2.05, 4.69) is 15.5 Å². The molecule has 0 spiro atoms. The van der Waals surface area contributed by atoms with Crippen LogP contribution < -0.4 is 11.1 Å². The number of hydrogen-bond donors (Lipinski definition) is 3. The van der Waals surface area contributed by atoms with Crippen LogP contribution in [0.5, 0.6) is 0 Å². The molecule has 0 bridgehead atoms. The van der Waals surface area contributed by atoms with Gasteiger partial charge in [-0.1, -0.05) is 0 Å². The van der Waals surface area contributed by atoms with E-state index in [0.717, 1.165) is 0 Å². The molecular formula is C7H12N4O. The molecule has 12 heavy (non-hydrogen) atoms. The van der Waals surface area contributed by atoms with Gasteiger partial charge in [0.05, 0.1) is 0 Å². The third-order valence-corrected chi connectivity index (χ3v) is 1.54. The lowest BCUT2D eigenvalue weighted by atomic mass is 10.2. The van der Waals surface area contributed by atoms with E-state index in [1.165, 1.54) is 0 Å². The SMILES string of the molecule is CCNC(=O)c1c(N)n[nH]c1C. The number of nitrogens with zero attached hydrogens (tertiary/aromatic N) is 1. The van der Waals surface area contributed by atoms with Crippen LogP contribution in [0.1, 0.15) is 23.0 Å². The molecule has 1 aromatic heterocycles. The second kappa shape index (κ2) is 3.25. The van der Waals surface area contributed by atoms with Gasteiger partial charge < -0.3 is 11.1 Å². The van der Waals surface area contributed by atoms with Crippen molar-refractivity contribution in [3.05, 3.63) is 11.3 Å². The number of carbonyl (C=O) groups excluding carboxylic acids is 1. The summed E-state index contributed by atoms with van der Waals surface area (Å²) < 4.78 is 0. The molecule has 0 aromatic carbocycles. The van der Waals surface area contributed by atoms with Gasteiger partial charge in [0, 0.05) is 12.2 Å². The van der Waals surface area contributed by atoms with E-state index in [0.29, 0.717) is 17.8 Å². The molecule has 1 rings (SSSR count). The number of hydrogen-bond acceptors (Lipinski definition) is 3. The van der Waals surface area contributed by atoms with E-state index >= 15 is 0 Å². The van der Waals surface area contributed by atoms with Crippen LogP contribution in [0.3, 0.4) is 0 Å². The lowest BCUT2D eigenvalue weighted by molar-refractivity contribution is 0.0956. The first-order chi connectivity index (χ1) is 5.66. The number of amides is 1. The van der Waals surface area contributed by atoms with E-state index in [-0.39, 0.29) is 11.7 Å². The van der Waals surface area contributed by atoms with Gasteiger partial charge in [0.2, 0.25) is 0 Å². The van der Waals surface area contributed by atoms with Gasteiger partial charge in [-0.15, -0.1) is 0 Å². The molecule has 0 saturated carbocycles. The van der Waals surface area contributed by atoms with Gasteiger partial charge in [0.1, 0.15) is 5.56 Å². The minimum atomic E-state index is -0.179. The highest BCUT2D eigenvalue weighted by Gasteiger charge is 2.14. The van der Waals surface area contributed by atoms with E-state index in [1.54, 1.807) is 6.92 Å². The summed E-state index contributed by atoms with van der Waals surface area (Å²) in [6, 6.07) is 0. The molecule has 1 aromatic rings. The monoisotopic (exact) mass is 168 g/mol. The largest absolute Gasteiger partial charge is 0.382 e. The normalized spacial score (nSPS) is 9.83. The van der Waals surface area contributed by atoms with Crippen molar-refractivity contribution in [1.29, 1.82) is 0 Å². The van der Waals surface area contributed by atoms with Crippen molar-refractivity contribution in [3.8, 4) is 0 Å². The first-order valence-electron chi connectivity index (χ1n) is 3.75. The summed E-state index contributed by atoms with van der Waals surface area (Å²) in [4.78, 5) is 11.3. The van der Waals surface area contributed by atoms with Crippen LogP contribution in [0.25, 0.3) is 0 Å². The van der Waals surface area contributed by atoms with Crippen molar-refractivity contribution in [1.82, 2.24) is 15.5 Å². The maximum absolute atomic E-state index is 11.3. The average Bonchev–Trinajstić information content (AvgIpc) is 2.32. The highest BCUT2D eigenvalue weighted by atomic mass is 16.1. The molecular weight excluding hydrogens is 156 g/mol. The van der Waals surface area contributed by atoms with Crippen molar-refractivity contribution < 1.29 is 4.79 Å². The summed E-state index contributed by atoms with van der Waals surface area (Å²) in [6.45, 7) is 4.19. The maximum Gasteiger partial charge on any atom is 0.256 e. The molecule has 1 amide bonds. The van der Waals surface area contributed by atoms with Crippen molar-refractivity contribution in [2.24, 2.45) is 0 Å². The molecule has 0 atom stereocenters. The summed E-state index contributed by atoms with van der Waals surface area (Å²) in [5.74, 6) is 0.0692. The van der Waals surface area contributed by atoms with Crippen molar-refractivity contribution in [2.75, 3.05) is 12.3 Å². The Bertz CT molecular complexity index is 272. The zero-order chi connectivity index (χ0) is 9.14. The number of nitrogen functional groups attached to an aromatic ring is 1. The molecule has 66 valence electrons. The summed E-state index contributed by atoms with van der Waals surface area (Å²) in [7, 11) is 0. The lowest BCUT2D eigenvalue weighted by Gasteiger charge is -2.00. The number of aryl methyl sites for hydroxylation is 1. The van der Waals surface area contributed by atoms with Gasteiger partial charge >= 0.3 is 0 Å². The minimum absolute atomic E-state index is 0.179. The number of H-pyrrole nitrogens is 1. The predicted octanol–water partition coefficient (Wildman–Crippen LogP) is 0.0500. The Labute approximate surface area is 70.3 Å². The van der Waals surface area contributed by atoms with Crippen LogP contribution >= 0.6 is 0 Å². The smallest absolute Gasteiger partial charge is 0.256 e. The van der Waals surface area contributed by atoms with Gasteiger partial charge in [-0.25, -0.2) is 0 Å². The molecule has 0 radical (unpaired) electrons. The first-order valence-corrected chi connectivity index (χ1v) is 3.75. The predicted molar refractivity (Wildman–Crippen MR) is 45.7 cm³/mol. The van der Waals surface area contributed by atoms with E-state index < -0.39 is 0 Å². The standard InChI is InChI=1S/C7H12N4O/c1-3-9-7(12)5-4(2)10-11-6(5)8/h3H2,1-2H3,(H,9,12)(H3,8,10,11). The maximum atomic E-state index is 11.3. The summed E-state index contributed by atoms with van der Waals surface area (Å²) in [5.41, 5.74) is 6.60. The molecule has 5 nitrogen and oxygen atoms in total. The van der Waals surface area contributed by atoms with Crippen LogP contribution in [-0.4, -0.2) is 22.6 Å². The first kappa shape index (κ1) is 8.58. The van der Waals surface area contributed by atoms with Gasteiger partial charge in [0.15, 0.2) is 5.82 Å². The molecule has 0 aliphatic heterocycles. The van der Waals surface area contributed by atoms with Crippen molar-refractivity contribution in [2.45, 2.75) is 13.8 Å². The fraction of sp³-hybridized carbons (Fsp3) is 0.429. The molecule has 1 heterocycles. The number of aromatic nitrogens is 2. The fourth-order valence-electron chi connectivity index (χ4n) is 0.984. The average molecular weight is 168 g/mol.